The second kappa shape index (κ2) is 6.97. The summed E-state index contributed by atoms with van der Waals surface area (Å²) in [5.41, 5.74) is 4.25. The van der Waals surface area contributed by atoms with E-state index < -0.39 is 0 Å². The molecule has 0 amide bonds. The number of aryl methyl sites for hydroxylation is 1. The van der Waals surface area contributed by atoms with Crippen LogP contribution in [-0.2, 0) is 13.5 Å². The van der Waals surface area contributed by atoms with Gasteiger partial charge in [-0.25, -0.2) is 14.1 Å². The van der Waals surface area contributed by atoms with Crippen molar-refractivity contribution in [1.82, 2.24) is 19.7 Å². The summed E-state index contributed by atoms with van der Waals surface area (Å²) in [4.78, 5) is 8.99. The van der Waals surface area contributed by atoms with Crippen molar-refractivity contribution >= 4 is 17.3 Å². The maximum Gasteiger partial charge on any atom is 0.200 e. The Bertz CT molecular complexity index is 1190. The number of benzene rings is 2. The van der Waals surface area contributed by atoms with Gasteiger partial charge in [0, 0.05) is 35.1 Å². The van der Waals surface area contributed by atoms with Crippen LogP contribution in [-0.4, -0.2) is 19.7 Å². The molecule has 1 unspecified atom stereocenters. The Morgan fingerprint density at radius 3 is 2.83 bits per heavy atom. The van der Waals surface area contributed by atoms with Crippen LogP contribution in [0, 0.1) is 5.82 Å². The van der Waals surface area contributed by atoms with Crippen LogP contribution in [0.25, 0.3) is 22.9 Å². The van der Waals surface area contributed by atoms with Crippen LogP contribution < -0.4 is 5.32 Å². The molecule has 2 aromatic heterocycles. The molecular formula is C22H17ClFN5. The average Bonchev–Trinajstić information content (AvgIpc) is 3.31. The van der Waals surface area contributed by atoms with Crippen LogP contribution in [0.3, 0.4) is 0 Å². The number of rotatable bonds is 3. The molecule has 4 aromatic rings. The standard InChI is InChI=1S/C22H17ClFN5/c1-29-22(27-21(28-29)18-7-2-3-10-25-18)13-8-9-17-14(11-13)12-19(26-17)20-15(23)5-4-6-16(20)24/h2-11,19,26H,12H2,1H3. The molecule has 0 bridgehead atoms. The first kappa shape index (κ1) is 17.8. The predicted molar refractivity (Wildman–Crippen MR) is 111 cm³/mol. The first-order valence-corrected chi connectivity index (χ1v) is 9.64. The number of nitrogens with zero attached hydrogens (tertiary/aromatic N) is 4. The number of anilines is 1. The van der Waals surface area contributed by atoms with Crippen LogP contribution in [0.1, 0.15) is 17.2 Å². The van der Waals surface area contributed by atoms with E-state index in [1.165, 1.54) is 6.07 Å². The van der Waals surface area contributed by atoms with E-state index in [1.807, 2.05) is 37.4 Å². The summed E-state index contributed by atoms with van der Waals surface area (Å²) in [6.07, 6.45) is 2.37. The molecule has 0 saturated heterocycles. The summed E-state index contributed by atoms with van der Waals surface area (Å²) >= 11 is 6.25. The monoisotopic (exact) mass is 405 g/mol. The zero-order chi connectivity index (χ0) is 20.0. The molecule has 5 rings (SSSR count). The molecule has 1 N–H and O–H groups in total. The summed E-state index contributed by atoms with van der Waals surface area (Å²) < 4.78 is 16.1. The summed E-state index contributed by atoms with van der Waals surface area (Å²) in [6.45, 7) is 0. The minimum absolute atomic E-state index is 0.197. The van der Waals surface area contributed by atoms with Gasteiger partial charge >= 0.3 is 0 Å². The fraction of sp³-hybridized carbons (Fsp3) is 0.136. The summed E-state index contributed by atoms with van der Waals surface area (Å²) in [6, 6.07) is 16.3. The van der Waals surface area contributed by atoms with E-state index in [2.05, 4.69) is 26.4 Å². The summed E-state index contributed by atoms with van der Waals surface area (Å²) in [5.74, 6) is 1.04. The Balaban J connectivity index is 1.48. The molecule has 0 radical (unpaired) electrons. The summed E-state index contributed by atoms with van der Waals surface area (Å²) in [7, 11) is 1.86. The molecule has 1 aliphatic heterocycles. The highest BCUT2D eigenvalue weighted by Gasteiger charge is 2.27. The number of aromatic nitrogens is 4. The van der Waals surface area contributed by atoms with Gasteiger partial charge in [-0.3, -0.25) is 4.98 Å². The number of hydrogen-bond acceptors (Lipinski definition) is 4. The van der Waals surface area contributed by atoms with Crippen molar-refractivity contribution in [2.24, 2.45) is 7.05 Å². The lowest BCUT2D eigenvalue weighted by Crippen LogP contribution is -2.08. The van der Waals surface area contributed by atoms with E-state index in [0.717, 1.165) is 28.3 Å². The van der Waals surface area contributed by atoms with Gasteiger partial charge in [0.15, 0.2) is 11.6 Å². The van der Waals surface area contributed by atoms with Crippen LogP contribution in [0.5, 0.6) is 0 Å². The highest BCUT2D eigenvalue weighted by Crippen LogP contribution is 2.39. The van der Waals surface area contributed by atoms with Gasteiger partial charge in [-0.1, -0.05) is 23.7 Å². The van der Waals surface area contributed by atoms with Crippen molar-refractivity contribution in [2.75, 3.05) is 5.32 Å². The molecule has 0 fully saturated rings. The van der Waals surface area contributed by atoms with Gasteiger partial charge in [0.1, 0.15) is 11.5 Å². The molecule has 1 aliphatic rings. The highest BCUT2D eigenvalue weighted by molar-refractivity contribution is 6.31. The molecule has 3 heterocycles. The quantitative estimate of drug-likeness (QED) is 0.518. The normalized spacial score (nSPS) is 15.2. The number of hydrogen-bond donors (Lipinski definition) is 1. The van der Waals surface area contributed by atoms with E-state index in [-0.39, 0.29) is 11.9 Å². The van der Waals surface area contributed by atoms with Crippen molar-refractivity contribution in [2.45, 2.75) is 12.5 Å². The van der Waals surface area contributed by atoms with Crippen molar-refractivity contribution in [3.63, 3.8) is 0 Å². The second-order valence-corrected chi connectivity index (χ2v) is 7.41. The first-order chi connectivity index (χ1) is 14.1. The number of pyridine rings is 1. The van der Waals surface area contributed by atoms with Gasteiger partial charge in [0.05, 0.1) is 6.04 Å². The molecule has 0 saturated carbocycles. The van der Waals surface area contributed by atoms with E-state index in [4.69, 9.17) is 11.6 Å². The van der Waals surface area contributed by atoms with Crippen molar-refractivity contribution in [3.05, 3.63) is 82.8 Å². The Morgan fingerprint density at radius 1 is 1.14 bits per heavy atom. The van der Waals surface area contributed by atoms with E-state index in [1.54, 1.807) is 23.0 Å². The molecular weight excluding hydrogens is 389 g/mol. The fourth-order valence-electron chi connectivity index (χ4n) is 3.76. The van der Waals surface area contributed by atoms with Crippen molar-refractivity contribution in [1.29, 1.82) is 0 Å². The maximum absolute atomic E-state index is 14.3. The molecule has 2 aromatic carbocycles. The smallest absolute Gasteiger partial charge is 0.200 e. The Morgan fingerprint density at radius 2 is 2.03 bits per heavy atom. The lowest BCUT2D eigenvalue weighted by molar-refractivity contribution is 0.596. The van der Waals surface area contributed by atoms with Gasteiger partial charge in [-0.15, -0.1) is 5.10 Å². The summed E-state index contributed by atoms with van der Waals surface area (Å²) in [5, 5.41) is 8.31. The SMILES string of the molecule is Cn1nc(-c2ccccn2)nc1-c1ccc2c(c1)CC(c1c(F)cccc1Cl)N2. The zero-order valence-corrected chi connectivity index (χ0v) is 16.4. The van der Waals surface area contributed by atoms with Gasteiger partial charge < -0.3 is 5.32 Å². The molecule has 29 heavy (non-hydrogen) atoms. The largest absolute Gasteiger partial charge is 0.378 e. The van der Waals surface area contributed by atoms with Gasteiger partial charge in [-0.05, 0) is 54.4 Å². The fourth-order valence-corrected chi connectivity index (χ4v) is 4.05. The van der Waals surface area contributed by atoms with Gasteiger partial charge in [-0.2, -0.15) is 0 Å². The molecule has 144 valence electrons. The third-order valence-corrected chi connectivity index (χ3v) is 5.45. The van der Waals surface area contributed by atoms with Crippen LogP contribution in [0.4, 0.5) is 10.1 Å². The number of halogens is 2. The average molecular weight is 406 g/mol. The lowest BCUT2D eigenvalue weighted by Gasteiger charge is -2.14. The molecule has 7 heteroatoms. The predicted octanol–water partition coefficient (Wildman–Crippen LogP) is 5.05. The van der Waals surface area contributed by atoms with Gasteiger partial charge in [0.2, 0.25) is 0 Å². The van der Waals surface area contributed by atoms with Crippen LogP contribution in [0.2, 0.25) is 5.02 Å². The number of fused-ring (bicyclic) bond motifs is 1. The minimum Gasteiger partial charge on any atom is -0.378 e. The van der Waals surface area contributed by atoms with E-state index in [9.17, 15) is 4.39 Å². The van der Waals surface area contributed by atoms with E-state index >= 15 is 0 Å². The highest BCUT2D eigenvalue weighted by atomic mass is 35.5. The van der Waals surface area contributed by atoms with Crippen molar-refractivity contribution < 1.29 is 4.39 Å². The number of nitrogens with one attached hydrogen (secondary N) is 1. The Labute approximate surface area is 172 Å². The molecule has 0 aliphatic carbocycles. The third-order valence-electron chi connectivity index (χ3n) is 5.12. The molecule has 1 atom stereocenters. The van der Waals surface area contributed by atoms with Crippen LogP contribution in [0.15, 0.2) is 60.8 Å². The molecule has 5 nitrogen and oxygen atoms in total. The van der Waals surface area contributed by atoms with E-state index in [0.29, 0.717) is 22.8 Å². The third kappa shape index (κ3) is 3.15. The zero-order valence-electron chi connectivity index (χ0n) is 15.6. The lowest BCUT2D eigenvalue weighted by atomic mass is 10.0. The minimum atomic E-state index is -0.295. The van der Waals surface area contributed by atoms with Crippen LogP contribution >= 0.6 is 11.6 Å². The Kier molecular flexibility index (Phi) is 4.28. The Hall–Kier alpha value is -3.25. The maximum atomic E-state index is 14.3. The van der Waals surface area contributed by atoms with Gasteiger partial charge in [0.25, 0.3) is 0 Å². The topological polar surface area (TPSA) is 55.6 Å². The second-order valence-electron chi connectivity index (χ2n) is 7.01. The molecule has 0 spiro atoms. The first-order valence-electron chi connectivity index (χ1n) is 9.26. The van der Waals surface area contributed by atoms with Crippen molar-refractivity contribution in [3.8, 4) is 22.9 Å².